The Hall–Kier alpha value is -4.17. The minimum absolute atomic E-state index is 0.00558. The maximum atomic E-state index is 9.26. The van der Waals surface area contributed by atoms with Crippen molar-refractivity contribution in [2.45, 2.75) is 79.8 Å². The molecular weight excluding hydrogens is 534 g/mol. The van der Waals surface area contributed by atoms with Crippen molar-refractivity contribution >= 4 is 21.9 Å². The number of rotatable bonds is 4. The van der Waals surface area contributed by atoms with Gasteiger partial charge in [0.15, 0.2) is 0 Å². The summed E-state index contributed by atoms with van der Waals surface area (Å²) in [7, 11) is 0. The zero-order valence-electron chi connectivity index (χ0n) is 38.2. The third kappa shape index (κ3) is 5.05. The molecule has 2 aromatic heterocycles. The van der Waals surface area contributed by atoms with Gasteiger partial charge >= 0.3 is 0 Å². The van der Waals surface area contributed by atoms with Crippen LogP contribution in [0.2, 0.25) is 0 Å². The minimum Gasteiger partial charge on any atom is -0.455 e. The van der Waals surface area contributed by atoms with Gasteiger partial charge in [-0.1, -0.05) is 68.4 Å². The lowest BCUT2D eigenvalue weighted by atomic mass is 9.71. The average Bonchev–Trinajstić information content (AvgIpc) is 3.49. The van der Waals surface area contributed by atoms with Gasteiger partial charge in [0, 0.05) is 40.4 Å². The van der Waals surface area contributed by atoms with Crippen LogP contribution in [0.25, 0.3) is 55.4 Å². The fourth-order valence-electron chi connectivity index (χ4n) is 6.60. The first-order valence-corrected chi connectivity index (χ1v) is 15.0. The van der Waals surface area contributed by atoms with Crippen LogP contribution < -0.4 is 0 Å². The fourth-order valence-corrected chi connectivity index (χ4v) is 6.60. The summed E-state index contributed by atoms with van der Waals surface area (Å²) in [5.74, 6) is -0.692. The van der Waals surface area contributed by atoms with E-state index >= 15 is 0 Å². The molecule has 1 aliphatic rings. The van der Waals surface area contributed by atoms with Crippen molar-refractivity contribution in [3.8, 4) is 33.5 Å². The maximum Gasteiger partial charge on any atom is 0.144 e. The van der Waals surface area contributed by atoms with Crippen molar-refractivity contribution in [1.82, 2.24) is 4.98 Å². The van der Waals surface area contributed by atoms with Gasteiger partial charge in [-0.15, -0.1) is 0 Å². The van der Waals surface area contributed by atoms with Gasteiger partial charge in [0.1, 0.15) is 11.2 Å². The van der Waals surface area contributed by atoms with E-state index in [4.69, 9.17) is 20.9 Å². The number of aryl methyl sites for hydroxylation is 5. The molecule has 222 valence electrons. The Kier molecular flexibility index (Phi) is 4.25. The summed E-state index contributed by atoms with van der Waals surface area (Å²) in [6, 6.07) is 19.9. The van der Waals surface area contributed by atoms with Gasteiger partial charge in [0.2, 0.25) is 0 Å². The van der Waals surface area contributed by atoms with Crippen molar-refractivity contribution in [2.24, 2.45) is 5.41 Å². The maximum absolute atomic E-state index is 9.26. The van der Waals surface area contributed by atoms with E-state index in [2.05, 4.69) is 18.8 Å². The van der Waals surface area contributed by atoms with Crippen LogP contribution >= 0.6 is 0 Å². The Morgan fingerprint density at radius 1 is 0.727 bits per heavy atom. The Morgan fingerprint density at radius 2 is 1.55 bits per heavy atom. The predicted octanol–water partition coefficient (Wildman–Crippen LogP) is 12.2. The smallest absolute Gasteiger partial charge is 0.144 e. The molecule has 0 N–H and O–H groups in total. The molecule has 7 rings (SSSR count). The van der Waals surface area contributed by atoms with Crippen LogP contribution in [0, 0.1) is 39.7 Å². The molecule has 0 unspecified atom stereocenters. The summed E-state index contributed by atoms with van der Waals surface area (Å²) in [6.07, 6.45) is 4.64. The van der Waals surface area contributed by atoms with Crippen molar-refractivity contribution in [1.29, 1.82) is 0 Å². The Labute approximate surface area is 280 Å². The molecule has 4 aromatic carbocycles. The number of benzene rings is 4. The third-order valence-corrected chi connectivity index (χ3v) is 9.24. The first kappa shape index (κ1) is 17.4. The van der Waals surface area contributed by atoms with Crippen molar-refractivity contribution in [2.75, 3.05) is 0 Å². The van der Waals surface area contributed by atoms with E-state index in [1.165, 1.54) is 18.3 Å². The molecule has 1 saturated carbocycles. The van der Waals surface area contributed by atoms with Gasteiger partial charge in [-0.25, -0.2) is 0 Å². The third-order valence-electron chi connectivity index (χ3n) is 9.24. The van der Waals surface area contributed by atoms with Crippen LogP contribution in [0.15, 0.2) is 83.4 Å². The lowest BCUT2D eigenvalue weighted by Crippen LogP contribution is -2.20. The quantitative estimate of drug-likeness (QED) is 0.204. The van der Waals surface area contributed by atoms with E-state index in [1.54, 1.807) is 36.4 Å². The summed E-state index contributed by atoms with van der Waals surface area (Å²) in [4.78, 5) is 4.50. The highest BCUT2D eigenvalue weighted by Gasteiger charge is 2.27. The normalized spacial score (nSPS) is 21.6. The zero-order valence-corrected chi connectivity index (χ0v) is 25.2. The number of pyridine rings is 1. The number of fused-ring (bicyclic) bond motifs is 3. The average molecular weight is 591 g/mol. The van der Waals surface area contributed by atoms with Gasteiger partial charge in [0.05, 0.1) is 5.69 Å². The van der Waals surface area contributed by atoms with Crippen LogP contribution in [0.5, 0.6) is 0 Å². The van der Waals surface area contributed by atoms with E-state index in [1.807, 2.05) is 25.1 Å². The number of hydrogen-bond acceptors (Lipinski definition) is 2. The molecular formula is C42H43NO. The Bertz CT molecular complexity index is 2530. The lowest BCUT2D eigenvalue weighted by molar-refractivity contribution is 0.224. The predicted molar refractivity (Wildman–Crippen MR) is 186 cm³/mol. The number of aromatic nitrogens is 1. The lowest BCUT2D eigenvalue weighted by Gasteiger charge is -2.34. The van der Waals surface area contributed by atoms with Crippen LogP contribution in [0.3, 0.4) is 0 Å². The molecule has 0 radical (unpaired) electrons. The van der Waals surface area contributed by atoms with Crippen LogP contribution in [-0.2, 0) is 0 Å². The molecule has 6 aromatic rings. The molecule has 2 nitrogen and oxygen atoms in total. The monoisotopic (exact) mass is 590 g/mol. The van der Waals surface area contributed by atoms with E-state index < -0.39 is 33.3 Å². The van der Waals surface area contributed by atoms with Gasteiger partial charge in [0.25, 0.3) is 0 Å². The second-order valence-electron chi connectivity index (χ2n) is 12.9. The van der Waals surface area contributed by atoms with E-state index in [0.29, 0.717) is 16.5 Å². The summed E-state index contributed by atoms with van der Waals surface area (Å²) < 4.78 is 115. The van der Waals surface area contributed by atoms with Gasteiger partial charge < -0.3 is 4.42 Å². The van der Waals surface area contributed by atoms with Gasteiger partial charge in [-0.3, -0.25) is 4.98 Å². The summed E-state index contributed by atoms with van der Waals surface area (Å²) in [5, 5.41) is 0.718. The molecule has 0 bridgehead atoms. The molecule has 0 aliphatic heterocycles. The van der Waals surface area contributed by atoms with Crippen molar-refractivity contribution in [3.05, 3.63) is 112 Å². The highest BCUT2D eigenvalue weighted by atomic mass is 16.3. The van der Waals surface area contributed by atoms with Crippen molar-refractivity contribution < 1.29 is 22.2 Å². The summed E-state index contributed by atoms with van der Waals surface area (Å²) in [6.45, 7) is -4.20. The minimum atomic E-state index is -2.70. The van der Waals surface area contributed by atoms with Crippen LogP contribution in [0.1, 0.15) is 96.6 Å². The molecule has 44 heavy (non-hydrogen) atoms. The van der Waals surface area contributed by atoms with E-state index in [0.717, 1.165) is 48.4 Å². The Morgan fingerprint density at radius 3 is 2.32 bits per heavy atom. The highest BCUT2D eigenvalue weighted by molar-refractivity contribution is 6.10. The molecule has 2 heteroatoms. The van der Waals surface area contributed by atoms with E-state index in [-0.39, 0.29) is 61.0 Å². The van der Waals surface area contributed by atoms with E-state index in [9.17, 15) is 1.37 Å². The first-order valence-electron chi connectivity index (χ1n) is 21.5. The molecule has 0 amide bonds. The second kappa shape index (κ2) is 10.8. The highest BCUT2D eigenvalue weighted by Crippen LogP contribution is 2.43. The first-order chi connectivity index (χ1) is 26.3. The molecule has 0 atom stereocenters. The summed E-state index contributed by atoms with van der Waals surface area (Å²) >= 11 is 0. The standard InChI is InChI=1S/C42H43NO/c1-25-19-28(4)40-38(20-25)35-9-8-10-36(41(35)44-40)39-23-37(29(5)24-43-39)34-14-12-32(22-27(34)3)33-13-11-31(21-26(33)2)30-15-17-42(6,7)18-16-30/h8-14,19-24,30H,15-18H2,1-7H3/i1D3,3D3,4D3,5D3,30D. The molecule has 0 spiro atoms. The second-order valence-corrected chi connectivity index (χ2v) is 12.9. The molecule has 0 saturated heterocycles. The topological polar surface area (TPSA) is 26.0 Å². The van der Waals surface area contributed by atoms with Gasteiger partial charge in [-0.05, 0) is 145 Å². The zero-order chi connectivity index (χ0) is 41.7. The molecule has 1 aliphatic carbocycles. The summed E-state index contributed by atoms with van der Waals surface area (Å²) in [5.41, 5.74) is 3.95. The number of nitrogens with zero attached hydrogens (tertiary/aromatic N) is 1. The number of furan rings is 1. The number of para-hydroxylation sites is 1. The molecule has 2 heterocycles. The number of hydrogen-bond donors (Lipinski definition) is 0. The largest absolute Gasteiger partial charge is 0.455 e. The molecule has 1 fully saturated rings. The van der Waals surface area contributed by atoms with Gasteiger partial charge in [-0.2, -0.15) is 0 Å². The van der Waals surface area contributed by atoms with Crippen LogP contribution in [0.4, 0.5) is 0 Å². The fraction of sp³-hybridized carbons (Fsp3) is 0.310. The van der Waals surface area contributed by atoms with Crippen molar-refractivity contribution in [3.63, 3.8) is 0 Å². The Balaban J connectivity index is 1.38. The van der Waals surface area contributed by atoms with Crippen LogP contribution in [-0.4, -0.2) is 4.98 Å². The SMILES string of the molecule is [2H]C([2H])([2H])c1cc(C([2H])([2H])[2H])c2oc3c(-c4cc(-c5ccc(-c6ccc(C7([2H])CCC(C)(C)CC7)cc6C)cc5C([2H])([2H])[2H])c(C([2H])([2H])[2H])cn4)cccc3c2c1.